The summed E-state index contributed by atoms with van der Waals surface area (Å²) in [6, 6.07) is 13.0. The number of hydrogen-bond donors (Lipinski definition) is 0. The summed E-state index contributed by atoms with van der Waals surface area (Å²) in [5, 5.41) is 7.56. The molecule has 0 saturated heterocycles. The van der Waals surface area contributed by atoms with Gasteiger partial charge in [0, 0.05) is 28.7 Å². The molecule has 0 aliphatic carbocycles. The highest BCUT2D eigenvalue weighted by Crippen LogP contribution is 2.48. The van der Waals surface area contributed by atoms with Crippen molar-refractivity contribution in [2.45, 2.75) is 0 Å². The molecule has 0 saturated carbocycles. The molecular formula is C16H6Br4. The molecule has 0 atom stereocenters. The van der Waals surface area contributed by atoms with Crippen molar-refractivity contribution in [1.29, 1.82) is 0 Å². The van der Waals surface area contributed by atoms with Crippen LogP contribution in [0.1, 0.15) is 0 Å². The molecule has 4 aromatic rings. The van der Waals surface area contributed by atoms with Crippen LogP contribution in [0, 0.1) is 0 Å². The Balaban J connectivity index is 2.50. The van der Waals surface area contributed by atoms with E-state index in [1.54, 1.807) is 0 Å². The number of rotatable bonds is 0. The van der Waals surface area contributed by atoms with Gasteiger partial charge in [-0.15, -0.1) is 0 Å². The van der Waals surface area contributed by atoms with Crippen molar-refractivity contribution in [1.82, 2.24) is 0 Å². The van der Waals surface area contributed by atoms with E-state index in [2.05, 4.69) is 100 Å². The quantitative estimate of drug-likeness (QED) is 0.166. The number of benzene rings is 4. The second-order valence-electron chi connectivity index (χ2n) is 4.74. The summed E-state index contributed by atoms with van der Waals surface area (Å²) in [5.41, 5.74) is 0. The lowest BCUT2D eigenvalue weighted by molar-refractivity contribution is 1.63. The highest BCUT2D eigenvalue weighted by molar-refractivity contribution is 9.14. The summed E-state index contributed by atoms with van der Waals surface area (Å²) in [5.74, 6) is 0. The highest BCUT2D eigenvalue weighted by Gasteiger charge is 2.18. The van der Waals surface area contributed by atoms with Gasteiger partial charge in [0.05, 0.1) is 0 Å². The monoisotopic (exact) mass is 514 g/mol. The van der Waals surface area contributed by atoms with Gasteiger partial charge < -0.3 is 0 Å². The second kappa shape index (κ2) is 4.67. The van der Waals surface area contributed by atoms with Crippen molar-refractivity contribution < 1.29 is 0 Å². The fraction of sp³-hybridized carbons (Fsp3) is 0. The van der Waals surface area contributed by atoms with Gasteiger partial charge in [0.2, 0.25) is 0 Å². The van der Waals surface area contributed by atoms with Gasteiger partial charge in [0.15, 0.2) is 0 Å². The Morgan fingerprint density at radius 1 is 0.600 bits per heavy atom. The maximum absolute atomic E-state index is 3.72. The van der Waals surface area contributed by atoms with Crippen LogP contribution in [0.3, 0.4) is 0 Å². The lowest BCUT2D eigenvalue weighted by atomic mass is 9.94. The fourth-order valence-electron chi connectivity index (χ4n) is 2.84. The van der Waals surface area contributed by atoms with E-state index in [0.29, 0.717) is 0 Å². The van der Waals surface area contributed by atoms with Crippen LogP contribution in [0.5, 0.6) is 0 Å². The van der Waals surface area contributed by atoms with Crippen LogP contribution in [-0.4, -0.2) is 0 Å². The molecule has 98 valence electrons. The lowest BCUT2D eigenvalue weighted by Crippen LogP contribution is -1.88. The fourth-order valence-corrected chi connectivity index (χ4v) is 5.56. The van der Waals surface area contributed by atoms with E-state index >= 15 is 0 Å². The molecule has 0 aromatic heterocycles. The van der Waals surface area contributed by atoms with E-state index < -0.39 is 0 Å². The molecule has 4 aromatic carbocycles. The molecular weight excluding hydrogens is 512 g/mol. The van der Waals surface area contributed by atoms with Crippen LogP contribution in [0.25, 0.3) is 32.3 Å². The van der Waals surface area contributed by atoms with Crippen LogP contribution in [0.2, 0.25) is 0 Å². The van der Waals surface area contributed by atoms with Gasteiger partial charge in [-0.1, -0.05) is 46.3 Å². The molecule has 0 radical (unpaired) electrons. The Morgan fingerprint density at radius 3 is 2.15 bits per heavy atom. The molecule has 0 spiro atoms. The lowest BCUT2D eigenvalue weighted by Gasteiger charge is -2.16. The Kier molecular flexibility index (Phi) is 3.15. The molecule has 0 fully saturated rings. The van der Waals surface area contributed by atoms with Crippen LogP contribution in [-0.2, 0) is 0 Å². The molecule has 0 bridgehead atoms. The molecule has 0 unspecified atom stereocenters. The van der Waals surface area contributed by atoms with Gasteiger partial charge >= 0.3 is 0 Å². The largest absolute Gasteiger partial charge is 0.0610 e. The van der Waals surface area contributed by atoms with Gasteiger partial charge in [-0.3, -0.25) is 0 Å². The third-order valence-corrected chi connectivity index (χ3v) is 7.79. The third kappa shape index (κ3) is 1.68. The Hall–Kier alpha value is -0.160. The molecule has 0 N–H and O–H groups in total. The molecule has 0 amide bonds. The topological polar surface area (TPSA) is 0 Å². The summed E-state index contributed by atoms with van der Waals surface area (Å²) in [6.07, 6.45) is 0. The zero-order chi connectivity index (χ0) is 14.0. The van der Waals surface area contributed by atoms with Crippen molar-refractivity contribution >= 4 is 96.0 Å². The predicted molar refractivity (Wildman–Crippen MR) is 101 cm³/mol. The van der Waals surface area contributed by atoms with E-state index in [1.165, 1.54) is 32.3 Å². The van der Waals surface area contributed by atoms with Crippen LogP contribution in [0.15, 0.2) is 54.3 Å². The van der Waals surface area contributed by atoms with E-state index in [4.69, 9.17) is 0 Å². The molecule has 0 aliphatic heterocycles. The minimum absolute atomic E-state index is 1.05. The summed E-state index contributed by atoms with van der Waals surface area (Å²) < 4.78 is 4.31. The molecule has 4 heteroatoms. The summed E-state index contributed by atoms with van der Waals surface area (Å²) in [4.78, 5) is 0. The first kappa shape index (κ1) is 13.5. The van der Waals surface area contributed by atoms with Crippen LogP contribution < -0.4 is 0 Å². The number of halogens is 4. The highest BCUT2D eigenvalue weighted by atomic mass is 79.9. The SMILES string of the molecule is Brc1c(Br)c2ccc3cccc4cc(Br)c(c1Br)c2c34. The molecule has 0 heterocycles. The van der Waals surface area contributed by atoms with Gasteiger partial charge in [0.1, 0.15) is 0 Å². The first-order chi connectivity index (χ1) is 9.59. The first-order valence-electron chi connectivity index (χ1n) is 5.99. The smallest absolute Gasteiger partial charge is 0.0472 e. The third-order valence-electron chi connectivity index (χ3n) is 3.69. The Morgan fingerprint density at radius 2 is 1.35 bits per heavy atom. The second-order valence-corrected chi connectivity index (χ2v) is 7.98. The van der Waals surface area contributed by atoms with Gasteiger partial charge in [-0.05, 0) is 75.4 Å². The Labute approximate surface area is 149 Å². The molecule has 0 nitrogen and oxygen atoms in total. The molecule has 4 rings (SSSR count). The van der Waals surface area contributed by atoms with Crippen molar-refractivity contribution in [2.24, 2.45) is 0 Å². The van der Waals surface area contributed by atoms with E-state index in [0.717, 1.165) is 17.9 Å². The number of hydrogen-bond acceptors (Lipinski definition) is 0. The predicted octanol–water partition coefficient (Wildman–Crippen LogP) is 7.63. The Bertz CT molecular complexity index is 988. The normalized spacial score (nSPS) is 12.0. The van der Waals surface area contributed by atoms with E-state index in [-0.39, 0.29) is 0 Å². The minimum atomic E-state index is 1.05. The molecule has 20 heavy (non-hydrogen) atoms. The zero-order valence-corrected chi connectivity index (χ0v) is 16.3. The van der Waals surface area contributed by atoms with Gasteiger partial charge in [-0.25, -0.2) is 0 Å². The zero-order valence-electron chi connectivity index (χ0n) is 9.98. The van der Waals surface area contributed by atoms with Gasteiger partial charge in [-0.2, -0.15) is 0 Å². The summed E-state index contributed by atoms with van der Waals surface area (Å²) in [7, 11) is 0. The van der Waals surface area contributed by atoms with Gasteiger partial charge in [0.25, 0.3) is 0 Å². The van der Waals surface area contributed by atoms with E-state index in [1.807, 2.05) is 0 Å². The molecule has 0 aliphatic rings. The minimum Gasteiger partial charge on any atom is -0.0610 e. The van der Waals surface area contributed by atoms with E-state index in [9.17, 15) is 0 Å². The van der Waals surface area contributed by atoms with Crippen molar-refractivity contribution in [2.75, 3.05) is 0 Å². The van der Waals surface area contributed by atoms with Crippen molar-refractivity contribution in [3.05, 3.63) is 54.3 Å². The standard InChI is InChI=1S/C16H6Br4/c17-10-6-8-3-1-2-7-4-5-9-12(11(7)8)13(10)15(19)16(20)14(9)18/h1-6H. The maximum Gasteiger partial charge on any atom is 0.0472 e. The van der Waals surface area contributed by atoms with Crippen molar-refractivity contribution in [3.63, 3.8) is 0 Å². The average Bonchev–Trinajstić information content (AvgIpc) is 2.44. The van der Waals surface area contributed by atoms with Crippen LogP contribution in [0.4, 0.5) is 0 Å². The maximum atomic E-state index is 3.72. The summed E-state index contributed by atoms with van der Waals surface area (Å²) in [6.45, 7) is 0. The average molecular weight is 518 g/mol. The van der Waals surface area contributed by atoms with Crippen molar-refractivity contribution in [3.8, 4) is 0 Å². The van der Waals surface area contributed by atoms with Crippen LogP contribution >= 0.6 is 63.7 Å². The summed E-state index contributed by atoms with van der Waals surface area (Å²) >= 11 is 14.8. The first-order valence-corrected chi connectivity index (χ1v) is 9.16.